The number of nitrogens with zero attached hydrogens (tertiary/aromatic N) is 2. The highest BCUT2D eigenvalue weighted by atomic mass is 16.2. The molecule has 0 radical (unpaired) electrons. The maximum atomic E-state index is 13.3. The third-order valence-corrected chi connectivity index (χ3v) is 6.66. The molecule has 164 valence electrons. The average Bonchev–Trinajstić information content (AvgIpc) is 3.21. The van der Waals surface area contributed by atoms with Crippen molar-refractivity contribution in [2.24, 2.45) is 0 Å². The number of carbonyl (C=O) groups is 2. The molecule has 4 rings (SSSR count). The molecule has 1 saturated heterocycles. The molecule has 0 bridgehead atoms. The number of rotatable bonds is 7. The van der Waals surface area contributed by atoms with Crippen LogP contribution in [-0.2, 0) is 11.2 Å². The zero-order valence-corrected chi connectivity index (χ0v) is 18.4. The number of benzene rings is 2. The first-order valence-corrected chi connectivity index (χ1v) is 11.7. The summed E-state index contributed by atoms with van der Waals surface area (Å²) in [6.07, 6.45) is 6.60. The van der Waals surface area contributed by atoms with E-state index < -0.39 is 6.04 Å². The standard InChI is InChI=1S/C26H33N3O2/c1-2-22-14-8-9-17-28(22)18-10-16-27-25(30)24-19-21-13-6-7-15-23(21)29(24)26(31)20-11-4-3-5-12-20/h3-7,11-13,15,22,24H,2,8-10,14,16-19H2,1H3,(H,27,30)/t22-,24+/m0/s1. The van der Waals surface area contributed by atoms with Gasteiger partial charge in [0.15, 0.2) is 0 Å². The molecular formula is C26H33N3O2. The molecule has 0 aliphatic carbocycles. The van der Waals surface area contributed by atoms with Crippen molar-refractivity contribution in [3.8, 4) is 0 Å². The van der Waals surface area contributed by atoms with Gasteiger partial charge >= 0.3 is 0 Å². The van der Waals surface area contributed by atoms with E-state index in [1.807, 2.05) is 42.5 Å². The van der Waals surface area contributed by atoms with Crippen LogP contribution in [-0.4, -0.2) is 48.4 Å². The minimum atomic E-state index is -0.497. The van der Waals surface area contributed by atoms with E-state index in [0.29, 0.717) is 24.6 Å². The molecule has 5 nitrogen and oxygen atoms in total. The van der Waals surface area contributed by atoms with Crippen LogP contribution >= 0.6 is 0 Å². The number of fused-ring (bicyclic) bond motifs is 1. The lowest BCUT2D eigenvalue weighted by atomic mass is 10.00. The van der Waals surface area contributed by atoms with Crippen molar-refractivity contribution < 1.29 is 9.59 Å². The van der Waals surface area contributed by atoms with Gasteiger partial charge in [0.25, 0.3) is 5.91 Å². The van der Waals surface area contributed by atoms with E-state index in [2.05, 4.69) is 17.1 Å². The zero-order chi connectivity index (χ0) is 21.6. The van der Waals surface area contributed by atoms with Crippen LogP contribution in [0.5, 0.6) is 0 Å². The molecule has 2 amide bonds. The summed E-state index contributed by atoms with van der Waals surface area (Å²) in [4.78, 5) is 30.6. The Morgan fingerprint density at radius 3 is 2.61 bits per heavy atom. The zero-order valence-electron chi connectivity index (χ0n) is 18.4. The lowest BCUT2D eigenvalue weighted by Gasteiger charge is -2.35. The molecule has 0 aromatic heterocycles. The minimum absolute atomic E-state index is 0.0637. The fourth-order valence-electron chi connectivity index (χ4n) is 4.99. The number of carbonyl (C=O) groups excluding carboxylic acids is 2. The second-order valence-electron chi connectivity index (χ2n) is 8.63. The van der Waals surface area contributed by atoms with Gasteiger partial charge in [-0.3, -0.25) is 14.5 Å². The predicted molar refractivity (Wildman–Crippen MR) is 124 cm³/mol. The number of hydrogen-bond acceptors (Lipinski definition) is 3. The van der Waals surface area contributed by atoms with E-state index in [0.717, 1.165) is 24.2 Å². The van der Waals surface area contributed by atoms with E-state index in [4.69, 9.17) is 0 Å². The number of amides is 2. The Labute approximate surface area is 185 Å². The summed E-state index contributed by atoms with van der Waals surface area (Å²) in [6, 6.07) is 17.2. The molecule has 1 fully saturated rings. The van der Waals surface area contributed by atoms with Crippen LogP contribution in [0.4, 0.5) is 5.69 Å². The highest BCUT2D eigenvalue weighted by Crippen LogP contribution is 2.33. The van der Waals surface area contributed by atoms with Gasteiger partial charge in [-0.05, 0) is 56.0 Å². The van der Waals surface area contributed by atoms with E-state index in [-0.39, 0.29) is 11.8 Å². The minimum Gasteiger partial charge on any atom is -0.354 e. The van der Waals surface area contributed by atoms with Gasteiger partial charge in [0.2, 0.25) is 5.91 Å². The molecule has 0 saturated carbocycles. The van der Waals surface area contributed by atoms with Crippen molar-refractivity contribution in [2.75, 3.05) is 24.5 Å². The maximum absolute atomic E-state index is 13.3. The van der Waals surface area contributed by atoms with Crippen molar-refractivity contribution in [3.63, 3.8) is 0 Å². The summed E-state index contributed by atoms with van der Waals surface area (Å²) in [7, 11) is 0. The highest BCUT2D eigenvalue weighted by molar-refractivity contribution is 6.11. The maximum Gasteiger partial charge on any atom is 0.259 e. The monoisotopic (exact) mass is 419 g/mol. The molecule has 2 heterocycles. The van der Waals surface area contributed by atoms with Crippen LogP contribution < -0.4 is 10.2 Å². The number of likely N-dealkylation sites (tertiary alicyclic amines) is 1. The molecule has 2 aromatic carbocycles. The van der Waals surface area contributed by atoms with E-state index >= 15 is 0 Å². The number of para-hydroxylation sites is 1. The molecular weight excluding hydrogens is 386 g/mol. The number of nitrogens with one attached hydrogen (secondary N) is 1. The van der Waals surface area contributed by atoms with Crippen LogP contribution in [0.3, 0.4) is 0 Å². The first kappa shape index (κ1) is 21.6. The third-order valence-electron chi connectivity index (χ3n) is 6.66. The molecule has 5 heteroatoms. The summed E-state index contributed by atoms with van der Waals surface area (Å²) in [5, 5.41) is 3.11. The Hall–Kier alpha value is -2.66. The number of hydrogen-bond donors (Lipinski definition) is 1. The molecule has 2 aliphatic heterocycles. The van der Waals surface area contributed by atoms with E-state index in [1.54, 1.807) is 17.0 Å². The van der Waals surface area contributed by atoms with Crippen molar-refractivity contribution in [1.29, 1.82) is 0 Å². The first-order chi connectivity index (χ1) is 15.2. The predicted octanol–water partition coefficient (Wildman–Crippen LogP) is 4.03. The van der Waals surface area contributed by atoms with Gasteiger partial charge in [-0.15, -0.1) is 0 Å². The molecule has 2 atom stereocenters. The fraction of sp³-hybridized carbons (Fsp3) is 0.462. The van der Waals surface area contributed by atoms with Gasteiger partial charge in [-0.1, -0.05) is 49.7 Å². The van der Waals surface area contributed by atoms with Crippen molar-refractivity contribution in [1.82, 2.24) is 10.2 Å². The second kappa shape index (κ2) is 10.1. The van der Waals surface area contributed by atoms with E-state index in [9.17, 15) is 9.59 Å². The van der Waals surface area contributed by atoms with Crippen LogP contribution in [0, 0.1) is 0 Å². The van der Waals surface area contributed by atoms with Crippen LogP contribution in [0.15, 0.2) is 54.6 Å². The van der Waals surface area contributed by atoms with Gasteiger partial charge in [-0.2, -0.15) is 0 Å². The van der Waals surface area contributed by atoms with E-state index in [1.165, 1.54) is 32.2 Å². The highest BCUT2D eigenvalue weighted by Gasteiger charge is 2.38. The SMILES string of the molecule is CC[C@H]1CCCCN1CCCNC(=O)[C@H]1Cc2ccccc2N1C(=O)c1ccccc1. The lowest BCUT2D eigenvalue weighted by Crippen LogP contribution is -2.48. The Bertz CT molecular complexity index is 899. The Morgan fingerprint density at radius 2 is 1.81 bits per heavy atom. The van der Waals surface area contributed by atoms with Crippen molar-refractivity contribution in [2.45, 2.75) is 57.5 Å². The smallest absolute Gasteiger partial charge is 0.259 e. The average molecular weight is 420 g/mol. The number of piperidine rings is 1. The molecule has 31 heavy (non-hydrogen) atoms. The molecule has 0 spiro atoms. The molecule has 1 N–H and O–H groups in total. The van der Waals surface area contributed by atoms with Crippen molar-refractivity contribution >= 4 is 17.5 Å². The quantitative estimate of drug-likeness (QED) is 0.690. The topological polar surface area (TPSA) is 52.7 Å². The van der Waals surface area contributed by atoms with Gasteiger partial charge in [0, 0.05) is 36.8 Å². The second-order valence-corrected chi connectivity index (χ2v) is 8.63. The molecule has 2 aromatic rings. The largest absolute Gasteiger partial charge is 0.354 e. The van der Waals surface area contributed by atoms with Gasteiger partial charge in [-0.25, -0.2) is 0 Å². The normalized spacial score (nSPS) is 21.0. The fourth-order valence-corrected chi connectivity index (χ4v) is 4.99. The summed E-state index contributed by atoms with van der Waals surface area (Å²) in [5.41, 5.74) is 2.49. The number of anilines is 1. The van der Waals surface area contributed by atoms with Crippen LogP contribution in [0.1, 0.15) is 54.9 Å². The Kier molecular flexibility index (Phi) is 7.03. The Balaban J connectivity index is 1.39. The van der Waals surface area contributed by atoms with Crippen LogP contribution in [0.2, 0.25) is 0 Å². The first-order valence-electron chi connectivity index (χ1n) is 11.7. The van der Waals surface area contributed by atoms with Crippen molar-refractivity contribution in [3.05, 3.63) is 65.7 Å². The van der Waals surface area contributed by atoms with Gasteiger partial charge < -0.3 is 10.2 Å². The Morgan fingerprint density at radius 1 is 1.03 bits per heavy atom. The summed E-state index contributed by atoms with van der Waals surface area (Å²) in [5.74, 6) is -0.184. The van der Waals surface area contributed by atoms with Gasteiger partial charge in [0.1, 0.15) is 6.04 Å². The lowest BCUT2D eigenvalue weighted by molar-refractivity contribution is -0.122. The van der Waals surface area contributed by atoms with Crippen LogP contribution in [0.25, 0.3) is 0 Å². The molecule has 0 unspecified atom stereocenters. The molecule has 2 aliphatic rings. The summed E-state index contributed by atoms with van der Waals surface area (Å²) < 4.78 is 0. The summed E-state index contributed by atoms with van der Waals surface area (Å²) in [6.45, 7) is 5.10. The summed E-state index contributed by atoms with van der Waals surface area (Å²) >= 11 is 0. The third kappa shape index (κ3) is 4.82. The van der Waals surface area contributed by atoms with Gasteiger partial charge in [0.05, 0.1) is 0 Å².